The van der Waals surface area contributed by atoms with Crippen LogP contribution in [0.5, 0.6) is 0 Å². The molecule has 1 N–H and O–H groups in total. The Balaban J connectivity index is 1.83. The van der Waals surface area contributed by atoms with Crippen molar-refractivity contribution in [1.29, 1.82) is 0 Å². The predicted octanol–water partition coefficient (Wildman–Crippen LogP) is 2.89. The Kier molecular flexibility index (Phi) is 4.87. The van der Waals surface area contributed by atoms with Crippen LogP contribution in [0.3, 0.4) is 0 Å². The number of rotatable bonds is 4. The number of likely N-dealkylation sites (N-methyl/N-ethyl adjacent to an activating group) is 1. The van der Waals surface area contributed by atoms with Crippen LogP contribution in [-0.2, 0) is 0 Å². The normalized spacial score (nSPS) is 35.6. The van der Waals surface area contributed by atoms with Crippen LogP contribution in [0.4, 0.5) is 0 Å². The molecule has 1 unspecified atom stereocenters. The zero-order valence-corrected chi connectivity index (χ0v) is 11.9. The third-order valence-electron chi connectivity index (χ3n) is 5.02. The van der Waals surface area contributed by atoms with Crippen LogP contribution < -0.4 is 5.32 Å². The Bertz CT molecular complexity index is 219. The van der Waals surface area contributed by atoms with Gasteiger partial charge in [-0.25, -0.2) is 0 Å². The highest BCUT2D eigenvalue weighted by Gasteiger charge is 2.33. The number of nitrogens with one attached hydrogen (secondary N) is 1. The van der Waals surface area contributed by atoms with Crippen LogP contribution in [0.2, 0.25) is 0 Å². The highest BCUT2D eigenvalue weighted by atomic mass is 15.2. The molecule has 0 spiro atoms. The molecule has 0 radical (unpaired) electrons. The summed E-state index contributed by atoms with van der Waals surface area (Å²) < 4.78 is 0. The van der Waals surface area contributed by atoms with E-state index in [1.807, 2.05) is 0 Å². The first-order valence-electron chi connectivity index (χ1n) is 7.62. The summed E-state index contributed by atoms with van der Waals surface area (Å²) in [5, 5.41) is 3.36. The fourth-order valence-electron chi connectivity index (χ4n) is 3.89. The van der Waals surface area contributed by atoms with Crippen LogP contribution in [0.25, 0.3) is 0 Å². The van der Waals surface area contributed by atoms with Gasteiger partial charge in [-0.2, -0.15) is 0 Å². The van der Waals surface area contributed by atoms with Crippen LogP contribution >= 0.6 is 0 Å². The van der Waals surface area contributed by atoms with Gasteiger partial charge in [0.1, 0.15) is 0 Å². The molecule has 1 aliphatic heterocycles. The molecule has 1 atom stereocenters. The quantitative estimate of drug-likeness (QED) is 0.810. The molecule has 17 heavy (non-hydrogen) atoms. The van der Waals surface area contributed by atoms with Crippen LogP contribution in [-0.4, -0.2) is 37.1 Å². The van der Waals surface area contributed by atoms with Crippen molar-refractivity contribution in [2.75, 3.05) is 20.1 Å². The molecule has 2 rings (SSSR count). The third-order valence-corrected chi connectivity index (χ3v) is 5.02. The third kappa shape index (κ3) is 3.23. The molecule has 0 aromatic rings. The number of hydrogen-bond donors (Lipinski definition) is 1. The lowest BCUT2D eigenvalue weighted by Crippen LogP contribution is -2.45. The molecule has 0 aromatic carbocycles. The number of likely N-dealkylation sites (tertiary alicyclic amines) is 1. The van der Waals surface area contributed by atoms with Gasteiger partial charge in [0, 0.05) is 18.6 Å². The minimum absolute atomic E-state index is 0.820. The Hall–Kier alpha value is -0.0800. The van der Waals surface area contributed by atoms with E-state index in [9.17, 15) is 0 Å². The summed E-state index contributed by atoms with van der Waals surface area (Å²) in [6.45, 7) is 7.32. The largest absolute Gasteiger partial charge is 0.318 e. The minimum atomic E-state index is 0.820. The van der Waals surface area contributed by atoms with E-state index in [4.69, 9.17) is 0 Å². The van der Waals surface area contributed by atoms with E-state index in [-0.39, 0.29) is 0 Å². The highest BCUT2D eigenvalue weighted by Crippen LogP contribution is 2.34. The standard InChI is InChI=1S/C15H30N2/c1-12(2)13-6-8-14(9-7-13)17-10-4-5-15(17)11-16-3/h12-16H,4-11H2,1-3H3. The van der Waals surface area contributed by atoms with Crippen molar-refractivity contribution in [2.24, 2.45) is 11.8 Å². The highest BCUT2D eigenvalue weighted by molar-refractivity contribution is 4.89. The van der Waals surface area contributed by atoms with E-state index in [0.717, 1.165) is 23.9 Å². The molecule has 2 fully saturated rings. The van der Waals surface area contributed by atoms with Crippen molar-refractivity contribution in [3.05, 3.63) is 0 Å². The first-order valence-corrected chi connectivity index (χ1v) is 7.62. The average Bonchev–Trinajstić information content (AvgIpc) is 2.78. The van der Waals surface area contributed by atoms with Crippen molar-refractivity contribution in [1.82, 2.24) is 10.2 Å². The summed E-state index contributed by atoms with van der Waals surface area (Å²) in [5.41, 5.74) is 0. The van der Waals surface area contributed by atoms with Gasteiger partial charge in [0.2, 0.25) is 0 Å². The molecular weight excluding hydrogens is 208 g/mol. The van der Waals surface area contributed by atoms with Gasteiger partial charge in [0.15, 0.2) is 0 Å². The van der Waals surface area contributed by atoms with Gasteiger partial charge in [0.05, 0.1) is 0 Å². The monoisotopic (exact) mass is 238 g/mol. The first kappa shape index (κ1) is 13.4. The molecule has 0 aromatic heterocycles. The lowest BCUT2D eigenvalue weighted by Gasteiger charge is -2.39. The molecule has 1 saturated heterocycles. The van der Waals surface area contributed by atoms with Crippen molar-refractivity contribution in [3.8, 4) is 0 Å². The van der Waals surface area contributed by atoms with Crippen molar-refractivity contribution in [3.63, 3.8) is 0 Å². The summed E-state index contributed by atoms with van der Waals surface area (Å²) in [4.78, 5) is 2.81. The van der Waals surface area contributed by atoms with Crippen molar-refractivity contribution < 1.29 is 0 Å². The molecule has 1 heterocycles. The van der Waals surface area contributed by atoms with Gasteiger partial charge >= 0.3 is 0 Å². The minimum Gasteiger partial charge on any atom is -0.318 e. The Morgan fingerprint density at radius 2 is 1.82 bits per heavy atom. The van der Waals surface area contributed by atoms with Crippen molar-refractivity contribution in [2.45, 2.75) is 64.5 Å². The average molecular weight is 238 g/mol. The summed E-state index contributed by atoms with van der Waals surface area (Å²) in [5.74, 6) is 1.89. The summed E-state index contributed by atoms with van der Waals surface area (Å²) in [6, 6.07) is 1.71. The van der Waals surface area contributed by atoms with E-state index >= 15 is 0 Å². The van der Waals surface area contributed by atoms with Crippen LogP contribution in [0, 0.1) is 11.8 Å². The topological polar surface area (TPSA) is 15.3 Å². The number of nitrogens with zero attached hydrogens (tertiary/aromatic N) is 1. The molecule has 0 bridgehead atoms. The lowest BCUT2D eigenvalue weighted by molar-refractivity contribution is 0.112. The maximum absolute atomic E-state index is 3.36. The molecule has 1 saturated carbocycles. The molecule has 2 nitrogen and oxygen atoms in total. The van der Waals surface area contributed by atoms with E-state index in [0.29, 0.717) is 0 Å². The Labute approximate surface area is 107 Å². The molecule has 100 valence electrons. The van der Waals surface area contributed by atoms with Crippen molar-refractivity contribution >= 4 is 0 Å². The molecule has 2 aliphatic rings. The fourth-order valence-corrected chi connectivity index (χ4v) is 3.89. The van der Waals surface area contributed by atoms with Gasteiger partial charge in [-0.15, -0.1) is 0 Å². The fraction of sp³-hybridized carbons (Fsp3) is 1.00. The summed E-state index contributed by atoms with van der Waals surface area (Å²) in [6.07, 6.45) is 8.64. The summed E-state index contributed by atoms with van der Waals surface area (Å²) >= 11 is 0. The van der Waals surface area contributed by atoms with Gasteiger partial charge in [-0.05, 0) is 64.0 Å². The Morgan fingerprint density at radius 1 is 1.12 bits per heavy atom. The predicted molar refractivity (Wildman–Crippen MR) is 74.2 cm³/mol. The van der Waals surface area contributed by atoms with Gasteiger partial charge in [-0.3, -0.25) is 4.90 Å². The molecular formula is C15H30N2. The van der Waals surface area contributed by atoms with E-state index < -0.39 is 0 Å². The second-order valence-corrected chi connectivity index (χ2v) is 6.40. The zero-order valence-electron chi connectivity index (χ0n) is 11.9. The van der Waals surface area contributed by atoms with E-state index in [1.54, 1.807) is 0 Å². The Morgan fingerprint density at radius 3 is 2.41 bits per heavy atom. The van der Waals surface area contributed by atoms with Crippen LogP contribution in [0.15, 0.2) is 0 Å². The first-order chi connectivity index (χ1) is 8.22. The second-order valence-electron chi connectivity index (χ2n) is 6.40. The van der Waals surface area contributed by atoms with Gasteiger partial charge in [0.25, 0.3) is 0 Å². The maximum Gasteiger partial charge on any atom is 0.0223 e. The molecule has 1 aliphatic carbocycles. The van der Waals surface area contributed by atoms with E-state index in [2.05, 4.69) is 31.1 Å². The maximum atomic E-state index is 3.36. The second kappa shape index (κ2) is 6.19. The zero-order chi connectivity index (χ0) is 12.3. The molecule has 2 heteroatoms. The smallest absolute Gasteiger partial charge is 0.0223 e. The summed E-state index contributed by atoms with van der Waals surface area (Å²) in [7, 11) is 2.09. The van der Waals surface area contributed by atoms with Gasteiger partial charge < -0.3 is 5.32 Å². The van der Waals surface area contributed by atoms with Gasteiger partial charge in [-0.1, -0.05) is 13.8 Å². The van der Waals surface area contributed by atoms with E-state index in [1.165, 1.54) is 51.6 Å². The van der Waals surface area contributed by atoms with Crippen LogP contribution in [0.1, 0.15) is 52.4 Å². The molecule has 0 amide bonds. The SMILES string of the molecule is CNCC1CCCN1C1CCC(C(C)C)CC1. The lowest BCUT2D eigenvalue weighted by atomic mass is 9.79. The number of hydrogen-bond acceptors (Lipinski definition) is 2.